The van der Waals surface area contributed by atoms with Gasteiger partial charge in [-0.25, -0.2) is 0 Å². The first kappa shape index (κ1) is 14.5. The van der Waals surface area contributed by atoms with Crippen LogP contribution in [0.25, 0.3) is 0 Å². The molecule has 2 rings (SSSR count). The number of hydrogen-bond acceptors (Lipinski definition) is 4. The summed E-state index contributed by atoms with van der Waals surface area (Å²) in [5, 5.41) is 7.61. The Balaban J connectivity index is 2.03. The van der Waals surface area contributed by atoms with Crippen molar-refractivity contribution < 1.29 is 4.74 Å². The third-order valence-electron chi connectivity index (χ3n) is 3.23. The zero-order valence-electron chi connectivity index (χ0n) is 12.6. The quantitative estimate of drug-likeness (QED) is 0.876. The van der Waals surface area contributed by atoms with Crippen LogP contribution >= 0.6 is 0 Å². The van der Waals surface area contributed by atoms with Crippen LogP contribution in [0.15, 0.2) is 18.2 Å². The second-order valence-corrected chi connectivity index (χ2v) is 4.81. The third-order valence-corrected chi connectivity index (χ3v) is 3.23. The Morgan fingerprint density at radius 2 is 2.00 bits per heavy atom. The molecule has 2 aromatic rings. The largest absolute Gasteiger partial charge is 0.483 e. The van der Waals surface area contributed by atoms with Gasteiger partial charge >= 0.3 is 0 Å². The fraction of sp³-hybridized carbons (Fsp3) is 0.467. The lowest BCUT2D eigenvalue weighted by Crippen LogP contribution is -2.13. The third kappa shape index (κ3) is 3.36. The molecule has 0 saturated carbocycles. The Hall–Kier alpha value is -1.88. The van der Waals surface area contributed by atoms with Gasteiger partial charge < -0.3 is 10.1 Å². The van der Waals surface area contributed by atoms with Crippen molar-refractivity contribution in [1.82, 2.24) is 20.1 Å². The molecule has 0 amide bonds. The zero-order valence-corrected chi connectivity index (χ0v) is 12.6. The summed E-state index contributed by atoms with van der Waals surface area (Å²) in [5.74, 6) is 0.853. The van der Waals surface area contributed by atoms with E-state index in [1.165, 1.54) is 0 Å². The summed E-state index contributed by atoms with van der Waals surface area (Å²) in [5.41, 5.74) is 3.91. The smallest absolute Gasteiger partial charge is 0.163 e. The van der Waals surface area contributed by atoms with E-state index in [1.807, 2.05) is 43.8 Å². The molecule has 108 valence electrons. The maximum Gasteiger partial charge on any atom is 0.163 e. The topological polar surface area (TPSA) is 52.0 Å². The van der Waals surface area contributed by atoms with E-state index in [-0.39, 0.29) is 0 Å². The maximum absolute atomic E-state index is 5.87. The molecule has 0 saturated heterocycles. The average molecular weight is 274 g/mol. The van der Waals surface area contributed by atoms with Gasteiger partial charge in [0.2, 0.25) is 0 Å². The summed E-state index contributed by atoms with van der Waals surface area (Å²) < 4.78 is 7.70. The number of hydrogen-bond donors (Lipinski definition) is 1. The summed E-state index contributed by atoms with van der Waals surface area (Å²) in [7, 11) is 1.92. The molecule has 0 atom stereocenters. The minimum absolute atomic E-state index is 0.466. The van der Waals surface area contributed by atoms with Gasteiger partial charge in [0, 0.05) is 13.6 Å². The lowest BCUT2D eigenvalue weighted by molar-refractivity contribution is 0.296. The maximum atomic E-state index is 5.87. The second-order valence-electron chi connectivity index (χ2n) is 4.81. The van der Waals surface area contributed by atoms with E-state index in [0.29, 0.717) is 6.61 Å². The van der Waals surface area contributed by atoms with Crippen molar-refractivity contribution >= 4 is 0 Å². The molecular weight excluding hydrogens is 252 g/mol. The van der Waals surface area contributed by atoms with E-state index in [4.69, 9.17) is 4.74 Å². The Morgan fingerprint density at radius 3 is 2.65 bits per heavy atom. The van der Waals surface area contributed by atoms with Crippen LogP contribution < -0.4 is 10.1 Å². The van der Waals surface area contributed by atoms with Crippen LogP contribution in [-0.2, 0) is 20.2 Å². The fourth-order valence-electron chi connectivity index (χ4n) is 2.07. The first-order chi connectivity index (χ1) is 9.61. The van der Waals surface area contributed by atoms with E-state index in [2.05, 4.69) is 22.3 Å². The van der Waals surface area contributed by atoms with Gasteiger partial charge in [-0.2, -0.15) is 5.10 Å². The van der Waals surface area contributed by atoms with Crippen LogP contribution in [-0.4, -0.2) is 21.3 Å². The van der Waals surface area contributed by atoms with Gasteiger partial charge in [-0.1, -0.05) is 13.0 Å². The summed E-state index contributed by atoms with van der Waals surface area (Å²) in [6.07, 6.45) is 0. The highest BCUT2D eigenvalue weighted by molar-refractivity contribution is 5.31. The normalized spacial score (nSPS) is 10.8. The van der Waals surface area contributed by atoms with Crippen LogP contribution in [0.2, 0.25) is 0 Å². The molecule has 2 heterocycles. The highest BCUT2D eigenvalue weighted by Crippen LogP contribution is 2.22. The monoisotopic (exact) mass is 274 g/mol. The number of pyridine rings is 1. The van der Waals surface area contributed by atoms with Crippen molar-refractivity contribution in [2.45, 2.75) is 33.9 Å². The molecule has 2 aromatic heterocycles. The molecule has 0 aromatic carbocycles. The van der Waals surface area contributed by atoms with Gasteiger partial charge in [0.15, 0.2) is 5.75 Å². The van der Waals surface area contributed by atoms with E-state index < -0.39 is 0 Å². The summed E-state index contributed by atoms with van der Waals surface area (Å²) in [6.45, 7) is 8.24. The predicted octanol–water partition coefficient (Wildman–Crippen LogP) is 2.12. The second kappa shape index (κ2) is 6.52. The number of ether oxygens (including phenoxy) is 1. The van der Waals surface area contributed by atoms with Crippen molar-refractivity contribution in [2.24, 2.45) is 7.05 Å². The van der Waals surface area contributed by atoms with E-state index in [9.17, 15) is 0 Å². The summed E-state index contributed by atoms with van der Waals surface area (Å²) >= 11 is 0. The van der Waals surface area contributed by atoms with E-state index >= 15 is 0 Å². The number of rotatable bonds is 6. The van der Waals surface area contributed by atoms with Crippen LogP contribution in [0.3, 0.4) is 0 Å². The Kier molecular flexibility index (Phi) is 4.74. The average Bonchev–Trinajstić information content (AvgIpc) is 2.68. The molecule has 0 aliphatic heterocycles. The number of nitrogens with one attached hydrogen (secondary N) is 1. The van der Waals surface area contributed by atoms with Gasteiger partial charge in [-0.15, -0.1) is 0 Å². The molecule has 0 unspecified atom stereocenters. The van der Waals surface area contributed by atoms with Crippen molar-refractivity contribution in [2.75, 3.05) is 6.54 Å². The lowest BCUT2D eigenvalue weighted by Gasteiger charge is -2.08. The van der Waals surface area contributed by atoms with Gasteiger partial charge in [-0.05, 0) is 32.5 Å². The molecule has 0 spiro atoms. The van der Waals surface area contributed by atoms with E-state index in [1.54, 1.807) is 0 Å². The van der Waals surface area contributed by atoms with Crippen LogP contribution in [0.5, 0.6) is 5.75 Å². The van der Waals surface area contributed by atoms with Crippen molar-refractivity contribution in [3.05, 3.63) is 41.0 Å². The van der Waals surface area contributed by atoms with Crippen LogP contribution in [0.1, 0.15) is 29.7 Å². The summed E-state index contributed by atoms with van der Waals surface area (Å²) in [4.78, 5) is 4.58. The van der Waals surface area contributed by atoms with Gasteiger partial charge in [0.05, 0.1) is 17.1 Å². The van der Waals surface area contributed by atoms with E-state index in [0.717, 1.165) is 41.6 Å². The Labute approximate surface area is 120 Å². The summed E-state index contributed by atoms with van der Waals surface area (Å²) in [6, 6.07) is 6.02. The van der Waals surface area contributed by atoms with Crippen molar-refractivity contribution in [3.8, 4) is 5.75 Å². The van der Waals surface area contributed by atoms with Crippen molar-refractivity contribution in [3.63, 3.8) is 0 Å². The number of nitrogens with zero attached hydrogens (tertiary/aromatic N) is 3. The van der Waals surface area contributed by atoms with Gasteiger partial charge in [0.1, 0.15) is 12.3 Å². The highest BCUT2D eigenvalue weighted by Gasteiger charge is 2.10. The van der Waals surface area contributed by atoms with Crippen LogP contribution in [0, 0.1) is 13.8 Å². The molecule has 0 aliphatic carbocycles. The molecule has 5 heteroatoms. The van der Waals surface area contributed by atoms with Crippen molar-refractivity contribution in [1.29, 1.82) is 0 Å². The first-order valence-corrected chi connectivity index (χ1v) is 6.90. The molecule has 5 nitrogen and oxygen atoms in total. The molecule has 0 bridgehead atoms. The Morgan fingerprint density at radius 1 is 1.25 bits per heavy atom. The SMILES string of the molecule is CCNCc1cccc(COc2c(C)nn(C)c2C)n1. The molecule has 1 N–H and O–H groups in total. The molecule has 0 radical (unpaired) electrons. The molecular formula is C15H22N4O. The minimum Gasteiger partial charge on any atom is -0.483 e. The van der Waals surface area contributed by atoms with Gasteiger partial charge in [-0.3, -0.25) is 9.67 Å². The highest BCUT2D eigenvalue weighted by atomic mass is 16.5. The molecule has 0 fully saturated rings. The number of aromatic nitrogens is 3. The first-order valence-electron chi connectivity index (χ1n) is 6.90. The predicted molar refractivity (Wildman–Crippen MR) is 78.6 cm³/mol. The van der Waals surface area contributed by atoms with Crippen LogP contribution in [0.4, 0.5) is 0 Å². The zero-order chi connectivity index (χ0) is 14.5. The minimum atomic E-state index is 0.466. The number of aryl methyl sites for hydroxylation is 2. The Bertz CT molecular complexity index is 577. The fourth-order valence-corrected chi connectivity index (χ4v) is 2.07. The lowest BCUT2D eigenvalue weighted by atomic mass is 10.3. The van der Waals surface area contributed by atoms with Gasteiger partial charge in [0.25, 0.3) is 0 Å². The standard InChI is InChI=1S/C15H22N4O/c1-5-16-9-13-7-6-8-14(17-13)10-20-15-11(2)18-19(4)12(15)3/h6-8,16H,5,9-10H2,1-4H3. The molecule has 0 aliphatic rings. The molecule has 20 heavy (non-hydrogen) atoms.